The van der Waals surface area contributed by atoms with E-state index < -0.39 is 0 Å². The van der Waals surface area contributed by atoms with E-state index in [9.17, 15) is 9.59 Å². The van der Waals surface area contributed by atoms with Gasteiger partial charge < -0.3 is 24.2 Å². The number of carbonyl (C=O) groups excluding carboxylic acids is 2. The molecule has 1 aromatic carbocycles. The second-order valence-corrected chi connectivity index (χ2v) is 10.9. The third kappa shape index (κ3) is 5.88. The third-order valence-corrected chi connectivity index (χ3v) is 8.01. The fraction of sp³-hybridized carbons (Fsp3) is 0.464. The van der Waals surface area contributed by atoms with Crippen molar-refractivity contribution in [3.63, 3.8) is 0 Å². The molecule has 0 saturated carbocycles. The van der Waals surface area contributed by atoms with Crippen molar-refractivity contribution in [3.8, 4) is 5.75 Å². The number of methoxy groups -OCH3 is 1. The molecule has 2 aliphatic heterocycles. The van der Waals surface area contributed by atoms with Gasteiger partial charge in [-0.05, 0) is 50.1 Å². The Morgan fingerprint density at radius 1 is 1.16 bits per heavy atom. The van der Waals surface area contributed by atoms with Crippen LogP contribution in [0.1, 0.15) is 39.4 Å². The van der Waals surface area contributed by atoms with Crippen LogP contribution in [0.3, 0.4) is 0 Å². The first-order chi connectivity index (χ1) is 18.0. The highest BCUT2D eigenvalue weighted by molar-refractivity contribution is 7.13. The van der Waals surface area contributed by atoms with Crippen LogP contribution in [-0.4, -0.2) is 79.6 Å². The molecule has 0 aliphatic carbocycles. The van der Waals surface area contributed by atoms with Crippen molar-refractivity contribution in [1.29, 1.82) is 0 Å². The average molecular weight is 523 g/mol. The summed E-state index contributed by atoms with van der Waals surface area (Å²) in [6.07, 6.45) is 2.30. The summed E-state index contributed by atoms with van der Waals surface area (Å²) in [5.74, 6) is 1.89. The van der Waals surface area contributed by atoms with Crippen LogP contribution in [0.4, 0.5) is 5.82 Å². The Labute approximate surface area is 221 Å². The molecular formula is C28H34N4O4S. The number of thiophene rings is 1. The molecule has 37 heavy (non-hydrogen) atoms. The first kappa shape index (κ1) is 25.5. The van der Waals surface area contributed by atoms with Crippen molar-refractivity contribution in [2.45, 2.75) is 32.7 Å². The number of aryl methyl sites for hydroxylation is 1. The van der Waals surface area contributed by atoms with Crippen LogP contribution in [0.25, 0.3) is 10.9 Å². The number of carbonyl (C=O) groups is 2. The second-order valence-electron chi connectivity index (χ2n) is 9.60. The molecule has 2 fully saturated rings. The fourth-order valence-corrected chi connectivity index (χ4v) is 5.86. The molecule has 0 atom stereocenters. The standard InChI is InChI=1S/C28H34N4O4S/c1-20-6-9-25(37-20)28(34)32(12-4-11-30-10-3-5-26(30)33)19-22-17-21-7-8-23(35-2)18-24(21)29-27(22)31-13-15-36-16-14-31/h6-9,17-18H,3-5,10-16,19H2,1-2H3. The van der Waals surface area contributed by atoms with Gasteiger partial charge in [-0.1, -0.05) is 0 Å². The predicted molar refractivity (Wildman–Crippen MR) is 146 cm³/mol. The molecule has 2 amide bonds. The number of fused-ring (bicyclic) bond motifs is 1. The number of ether oxygens (including phenoxy) is 2. The summed E-state index contributed by atoms with van der Waals surface area (Å²) >= 11 is 1.52. The van der Waals surface area contributed by atoms with E-state index in [2.05, 4.69) is 11.0 Å². The van der Waals surface area contributed by atoms with Crippen LogP contribution in [0.5, 0.6) is 5.75 Å². The minimum absolute atomic E-state index is 0.0219. The Kier molecular flexibility index (Phi) is 7.90. The van der Waals surface area contributed by atoms with Crippen LogP contribution < -0.4 is 9.64 Å². The number of hydrogen-bond donors (Lipinski definition) is 0. The Morgan fingerprint density at radius 3 is 2.70 bits per heavy atom. The maximum atomic E-state index is 13.7. The van der Waals surface area contributed by atoms with Crippen LogP contribution in [0, 0.1) is 6.92 Å². The number of amides is 2. The Bertz CT molecular complexity index is 1270. The van der Waals surface area contributed by atoms with Crippen molar-refractivity contribution in [1.82, 2.24) is 14.8 Å². The minimum atomic E-state index is 0.0219. The third-order valence-electron chi connectivity index (χ3n) is 7.02. The van der Waals surface area contributed by atoms with Crippen molar-refractivity contribution < 1.29 is 19.1 Å². The van der Waals surface area contributed by atoms with Crippen LogP contribution in [0.2, 0.25) is 0 Å². The van der Waals surface area contributed by atoms with Crippen molar-refractivity contribution >= 4 is 39.9 Å². The second kappa shape index (κ2) is 11.5. The SMILES string of the molecule is COc1ccc2cc(CN(CCCN3CCCC3=O)C(=O)c3ccc(C)s3)c(N3CCOCC3)nc2c1. The minimum Gasteiger partial charge on any atom is -0.497 e. The topological polar surface area (TPSA) is 75.2 Å². The van der Waals surface area contributed by atoms with Gasteiger partial charge in [0.25, 0.3) is 5.91 Å². The van der Waals surface area contributed by atoms with Crippen LogP contribution in [-0.2, 0) is 16.1 Å². The molecule has 2 aromatic heterocycles. The highest BCUT2D eigenvalue weighted by Gasteiger charge is 2.24. The lowest BCUT2D eigenvalue weighted by Crippen LogP contribution is -2.39. The smallest absolute Gasteiger partial charge is 0.264 e. The molecule has 196 valence electrons. The molecule has 5 rings (SSSR count). The summed E-state index contributed by atoms with van der Waals surface area (Å²) in [6, 6.07) is 12.0. The van der Waals surface area contributed by atoms with Crippen LogP contribution >= 0.6 is 11.3 Å². The summed E-state index contributed by atoms with van der Waals surface area (Å²) in [5, 5.41) is 1.01. The van der Waals surface area contributed by atoms with E-state index in [0.29, 0.717) is 39.3 Å². The molecule has 4 heterocycles. The Hall–Kier alpha value is -3.17. The molecule has 0 radical (unpaired) electrons. The lowest BCUT2D eigenvalue weighted by atomic mass is 10.1. The number of rotatable bonds is 9. The number of aromatic nitrogens is 1. The van der Waals surface area contributed by atoms with E-state index in [1.165, 1.54) is 11.3 Å². The van der Waals surface area contributed by atoms with E-state index in [0.717, 1.165) is 70.3 Å². The lowest BCUT2D eigenvalue weighted by Gasteiger charge is -2.31. The van der Waals surface area contributed by atoms with Gasteiger partial charge in [-0.15, -0.1) is 11.3 Å². The lowest BCUT2D eigenvalue weighted by molar-refractivity contribution is -0.127. The normalized spacial score (nSPS) is 16.0. The quantitative estimate of drug-likeness (QED) is 0.421. The zero-order valence-electron chi connectivity index (χ0n) is 21.6. The average Bonchev–Trinajstić information content (AvgIpc) is 3.55. The van der Waals surface area contributed by atoms with Gasteiger partial charge in [0.05, 0.1) is 30.7 Å². The van der Waals surface area contributed by atoms with E-state index >= 15 is 0 Å². The molecule has 2 aliphatic rings. The number of benzene rings is 1. The number of likely N-dealkylation sites (tertiary alicyclic amines) is 1. The Balaban J connectivity index is 1.45. The van der Waals surface area contributed by atoms with Gasteiger partial charge in [-0.2, -0.15) is 0 Å². The molecule has 0 spiro atoms. The summed E-state index contributed by atoms with van der Waals surface area (Å²) in [7, 11) is 1.66. The van der Waals surface area contributed by atoms with E-state index in [1.54, 1.807) is 7.11 Å². The van der Waals surface area contributed by atoms with Gasteiger partial charge in [0, 0.05) is 67.6 Å². The summed E-state index contributed by atoms with van der Waals surface area (Å²) in [6.45, 7) is 7.34. The summed E-state index contributed by atoms with van der Waals surface area (Å²) in [5.41, 5.74) is 1.88. The van der Waals surface area contributed by atoms with E-state index in [1.807, 2.05) is 47.1 Å². The van der Waals surface area contributed by atoms with E-state index in [-0.39, 0.29) is 11.8 Å². The molecule has 0 unspecified atom stereocenters. The number of hydrogen-bond acceptors (Lipinski definition) is 7. The van der Waals surface area contributed by atoms with Gasteiger partial charge >= 0.3 is 0 Å². The van der Waals surface area contributed by atoms with Gasteiger partial charge in [-0.25, -0.2) is 4.98 Å². The number of morpholine rings is 1. The highest BCUT2D eigenvalue weighted by atomic mass is 32.1. The zero-order valence-corrected chi connectivity index (χ0v) is 22.4. The monoisotopic (exact) mass is 522 g/mol. The first-order valence-electron chi connectivity index (χ1n) is 13.0. The molecular weight excluding hydrogens is 488 g/mol. The van der Waals surface area contributed by atoms with Gasteiger partial charge in [0.1, 0.15) is 11.6 Å². The highest BCUT2D eigenvalue weighted by Crippen LogP contribution is 2.29. The first-order valence-corrected chi connectivity index (χ1v) is 13.8. The van der Waals surface area contributed by atoms with Crippen molar-refractivity contribution in [3.05, 3.63) is 51.7 Å². The number of nitrogens with zero attached hydrogens (tertiary/aromatic N) is 4. The zero-order chi connectivity index (χ0) is 25.8. The van der Waals surface area contributed by atoms with Gasteiger partial charge in [-0.3, -0.25) is 9.59 Å². The molecule has 2 saturated heterocycles. The fourth-order valence-electron chi connectivity index (χ4n) is 5.03. The molecule has 9 heteroatoms. The summed E-state index contributed by atoms with van der Waals surface area (Å²) in [4.78, 5) is 38.8. The van der Waals surface area contributed by atoms with E-state index in [4.69, 9.17) is 14.5 Å². The largest absolute Gasteiger partial charge is 0.497 e. The van der Waals surface area contributed by atoms with Crippen molar-refractivity contribution in [2.75, 3.05) is 57.9 Å². The van der Waals surface area contributed by atoms with Gasteiger partial charge in [0.2, 0.25) is 5.91 Å². The Morgan fingerprint density at radius 2 is 2.00 bits per heavy atom. The predicted octanol–water partition coefficient (Wildman–Crippen LogP) is 4.10. The number of pyridine rings is 1. The molecule has 8 nitrogen and oxygen atoms in total. The van der Waals surface area contributed by atoms with Crippen molar-refractivity contribution in [2.24, 2.45) is 0 Å². The van der Waals surface area contributed by atoms with Gasteiger partial charge in [0.15, 0.2) is 0 Å². The molecule has 3 aromatic rings. The number of anilines is 1. The summed E-state index contributed by atoms with van der Waals surface area (Å²) < 4.78 is 11.0. The molecule has 0 bridgehead atoms. The molecule has 0 N–H and O–H groups in total. The maximum Gasteiger partial charge on any atom is 0.264 e. The maximum absolute atomic E-state index is 13.7. The van der Waals surface area contributed by atoms with Crippen LogP contribution in [0.15, 0.2) is 36.4 Å².